The van der Waals surface area contributed by atoms with Gasteiger partial charge in [-0.15, -0.1) is 0 Å². The molecule has 2 aromatic rings. The van der Waals surface area contributed by atoms with E-state index in [9.17, 15) is 14.9 Å². The molecule has 1 heterocycles. The zero-order valence-corrected chi connectivity index (χ0v) is 15.9. The number of carbonyl (C=O) groups is 1. The second-order valence-corrected chi connectivity index (χ2v) is 7.73. The maximum atomic E-state index is 13.3. The molecule has 0 radical (unpaired) electrons. The van der Waals surface area contributed by atoms with Crippen molar-refractivity contribution < 1.29 is 14.5 Å². The van der Waals surface area contributed by atoms with Crippen LogP contribution in [0.25, 0.3) is 0 Å². The highest BCUT2D eigenvalue weighted by molar-refractivity contribution is 5.83. The van der Waals surface area contributed by atoms with Gasteiger partial charge in [0.05, 0.1) is 7.11 Å². The summed E-state index contributed by atoms with van der Waals surface area (Å²) in [5, 5.41) is 12.0. The highest BCUT2D eigenvalue weighted by atomic mass is 16.6. The molecule has 1 aliphatic heterocycles. The topological polar surface area (TPSA) is 72.7 Å². The molecule has 4 rings (SSSR count). The van der Waals surface area contributed by atoms with E-state index in [0.29, 0.717) is 18.9 Å². The maximum Gasteiger partial charge on any atom is 0.248 e. The van der Waals surface area contributed by atoms with E-state index in [4.69, 9.17) is 4.74 Å². The summed E-state index contributed by atoms with van der Waals surface area (Å²) in [6.45, 7) is 0.355. The molecule has 1 aliphatic carbocycles. The number of amides is 1. The lowest BCUT2D eigenvalue weighted by Crippen LogP contribution is -2.33. The lowest BCUT2D eigenvalue weighted by atomic mass is 9.90. The van der Waals surface area contributed by atoms with E-state index in [0.717, 1.165) is 29.7 Å². The Morgan fingerprint density at radius 2 is 1.79 bits per heavy atom. The molecule has 6 nitrogen and oxygen atoms in total. The lowest BCUT2D eigenvalue weighted by molar-refractivity contribution is -0.533. The number of benzene rings is 2. The Kier molecular flexibility index (Phi) is 5.03. The molecule has 1 saturated carbocycles. The van der Waals surface area contributed by atoms with Crippen molar-refractivity contribution in [2.45, 2.75) is 37.9 Å². The summed E-state index contributed by atoms with van der Waals surface area (Å²) in [6, 6.07) is 15.4. The minimum absolute atomic E-state index is 0.0988. The SMILES string of the molecule is COc1ccc(CN2C(=O)[C@@H](CC3CC3)[C@H]([N+](=O)[O-])[C@H]2c2ccccc2)cc1. The highest BCUT2D eigenvalue weighted by Crippen LogP contribution is 2.45. The number of rotatable bonds is 7. The minimum atomic E-state index is -0.909. The second kappa shape index (κ2) is 7.62. The van der Waals surface area contributed by atoms with Crippen molar-refractivity contribution in [2.75, 3.05) is 7.11 Å². The molecule has 2 aliphatic rings. The summed E-state index contributed by atoms with van der Waals surface area (Å²) in [7, 11) is 1.61. The molecule has 146 valence electrons. The average molecular weight is 380 g/mol. The lowest BCUT2D eigenvalue weighted by Gasteiger charge is -2.25. The number of hydrogen-bond donors (Lipinski definition) is 0. The molecule has 0 aromatic heterocycles. The van der Waals surface area contributed by atoms with Gasteiger partial charge in [0.25, 0.3) is 0 Å². The molecular formula is C22H24N2O4. The molecule has 2 aromatic carbocycles. The van der Waals surface area contributed by atoms with Crippen LogP contribution in [0.15, 0.2) is 54.6 Å². The Morgan fingerprint density at radius 3 is 2.36 bits per heavy atom. The van der Waals surface area contributed by atoms with E-state index in [2.05, 4.69) is 0 Å². The number of likely N-dealkylation sites (tertiary alicyclic amines) is 1. The number of ether oxygens (including phenoxy) is 1. The van der Waals surface area contributed by atoms with E-state index in [-0.39, 0.29) is 10.8 Å². The van der Waals surface area contributed by atoms with Gasteiger partial charge in [-0.05, 0) is 35.6 Å². The Bertz CT molecular complexity index is 849. The van der Waals surface area contributed by atoms with Crippen molar-refractivity contribution in [3.05, 3.63) is 75.8 Å². The van der Waals surface area contributed by atoms with Crippen molar-refractivity contribution in [3.8, 4) is 5.75 Å². The van der Waals surface area contributed by atoms with Crippen LogP contribution in [-0.2, 0) is 11.3 Å². The van der Waals surface area contributed by atoms with E-state index < -0.39 is 18.0 Å². The molecule has 0 unspecified atom stereocenters. The Balaban J connectivity index is 1.69. The second-order valence-electron chi connectivity index (χ2n) is 7.73. The third kappa shape index (κ3) is 3.59. The molecule has 1 amide bonds. The van der Waals surface area contributed by atoms with Crippen LogP contribution in [0.2, 0.25) is 0 Å². The number of hydrogen-bond acceptors (Lipinski definition) is 4. The summed E-state index contributed by atoms with van der Waals surface area (Å²) in [4.78, 5) is 26.8. The predicted molar refractivity (Wildman–Crippen MR) is 104 cm³/mol. The molecule has 3 atom stereocenters. The van der Waals surface area contributed by atoms with Gasteiger partial charge in [-0.3, -0.25) is 14.9 Å². The van der Waals surface area contributed by atoms with Gasteiger partial charge in [0.1, 0.15) is 17.7 Å². The predicted octanol–water partition coefficient (Wildman–Crippen LogP) is 3.84. The number of carbonyl (C=O) groups excluding carboxylic acids is 1. The third-order valence-corrected chi connectivity index (χ3v) is 5.85. The van der Waals surface area contributed by atoms with Gasteiger partial charge in [-0.1, -0.05) is 55.3 Å². The number of nitro groups is 1. The van der Waals surface area contributed by atoms with Crippen LogP contribution in [-0.4, -0.2) is 28.9 Å². The van der Waals surface area contributed by atoms with E-state index in [1.54, 1.807) is 12.0 Å². The largest absolute Gasteiger partial charge is 0.497 e. The molecule has 0 spiro atoms. The first-order chi connectivity index (χ1) is 13.6. The van der Waals surface area contributed by atoms with Gasteiger partial charge in [-0.2, -0.15) is 0 Å². The molecule has 2 fully saturated rings. The van der Waals surface area contributed by atoms with Gasteiger partial charge in [0.2, 0.25) is 11.9 Å². The van der Waals surface area contributed by atoms with Crippen LogP contribution in [0.1, 0.15) is 36.4 Å². The average Bonchev–Trinajstić information content (AvgIpc) is 3.49. The van der Waals surface area contributed by atoms with Crippen LogP contribution in [0.4, 0.5) is 0 Å². The summed E-state index contributed by atoms with van der Waals surface area (Å²) in [5.41, 5.74) is 1.76. The van der Waals surface area contributed by atoms with Gasteiger partial charge < -0.3 is 9.64 Å². The van der Waals surface area contributed by atoms with Crippen LogP contribution >= 0.6 is 0 Å². The van der Waals surface area contributed by atoms with Crippen molar-refractivity contribution in [3.63, 3.8) is 0 Å². The fourth-order valence-corrected chi connectivity index (χ4v) is 4.25. The van der Waals surface area contributed by atoms with E-state index in [1.165, 1.54) is 0 Å². The highest BCUT2D eigenvalue weighted by Gasteiger charge is 2.56. The standard InChI is InChI=1S/C22H24N2O4/c1-28-18-11-9-16(10-12-18)14-23-20(17-5-3-2-4-6-17)21(24(26)27)19(22(23)25)13-15-7-8-15/h2-6,9-12,15,19-21H,7-8,13-14H2,1H3/t19-,20+,21-/m0/s1. The quantitative estimate of drug-likeness (QED) is 0.540. The summed E-state index contributed by atoms with van der Waals surface area (Å²) >= 11 is 0. The normalized spacial score (nSPS) is 24.4. The van der Waals surface area contributed by atoms with Crippen LogP contribution < -0.4 is 4.74 Å². The summed E-state index contributed by atoms with van der Waals surface area (Å²) in [5.74, 6) is 0.545. The molecule has 0 N–H and O–H groups in total. The fraction of sp³-hybridized carbons (Fsp3) is 0.409. The maximum absolute atomic E-state index is 13.3. The molecule has 28 heavy (non-hydrogen) atoms. The Hall–Kier alpha value is -2.89. The molecule has 6 heteroatoms. The van der Waals surface area contributed by atoms with Gasteiger partial charge in [-0.25, -0.2) is 0 Å². The van der Waals surface area contributed by atoms with Gasteiger partial charge in [0.15, 0.2) is 0 Å². The summed E-state index contributed by atoms with van der Waals surface area (Å²) in [6.07, 6.45) is 2.76. The summed E-state index contributed by atoms with van der Waals surface area (Å²) < 4.78 is 5.20. The zero-order valence-electron chi connectivity index (χ0n) is 15.9. The van der Waals surface area contributed by atoms with Crippen molar-refractivity contribution in [2.24, 2.45) is 11.8 Å². The first-order valence-corrected chi connectivity index (χ1v) is 9.70. The van der Waals surface area contributed by atoms with Crippen molar-refractivity contribution >= 4 is 5.91 Å². The van der Waals surface area contributed by atoms with E-state index in [1.807, 2.05) is 54.6 Å². The first kappa shape index (κ1) is 18.5. The minimum Gasteiger partial charge on any atom is -0.497 e. The van der Waals surface area contributed by atoms with Crippen LogP contribution in [0, 0.1) is 22.0 Å². The first-order valence-electron chi connectivity index (χ1n) is 9.70. The van der Waals surface area contributed by atoms with Crippen molar-refractivity contribution in [1.29, 1.82) is 0 Å². The fourth-order valence-electron chi connectivity index (χ4n) is 4.25. The van der Waals surface area contributed by atoms with Gasteiger partial charge in [0, 0.05) is 11.5 Å². The van der Waals surface area contributed by atoms with Crippen LogP contribution in [0.3, 0.4) is 0 Å². The van der Waals surface area contributed by atoms with Crippen molar-refractivity contribution in [1.82, 2.24) is 4.90 Å². The number of nitrogens with zero attached hydrogens (tertiary/aromatic N) is 2. The molecular weight excluding hydrogens is 356 g/mol. The number of methoxy groups -OCH3 is 1. The Morgan fingerprint density at radius 1 is 1.11 bits per heavy atom. The molecule has 1 saturated heterocycles. The smallest absolute Gasteiger partial charge is 0.248 e. The molecule has 0 bridgehead atoms. The Labute approximate surface area is 164 Å². The van der Waals surface area contributed by atoms with Gasteiger partial charge >= 0.3 is 0 Å². The monoisotopic (exact) mass is 380 g/mol. The van der Waals surface area contributed by atoms with E-state index >= 15 is 0 Å². The third-order valence-electron chi connectivity index (χ3n) is 5.85. The van der Waals surface area contributed by atoms with Crippen LogP contribution in [0.5, 0.6) is 5.75 Å². The zero-order chi connectivity index (χ0) is 19.7.